The predicted octanol–water partition coefficient (Wildman–Crippen LogP) is 4.45. The number of aliphatic imine (C=N–C) groups is 1. The summed E-state index contributed by atoms with van der Waals surface area (Å²) in [7, 11) is 1.70. The first-order chi connectivity index (χ1) is 13.3. The number of anilines is 1. The number of ether oxygens (including phenoxy) is 3. The molecule has 1 saturated carbocycles. The molecule has 0 saturated heterocycles. The third-order valence-electron chi connectivity index (χ3n) is 4.43. The van der Waals surface area contributed by atoms with Crippen LogP contribution in [-0.2, 0) is 9.47 Å². The Hall–Kier alpha value is -1.06. The first-order valence-electron chi connectivity index (χ1n) is 10.2. The highest BCUT2D eigenvalue weighted by atomic mass is 127. The maximum absolute atomic E-state index is 5.90. The second-order valence-electron chi connectivity index (χ2n) is 6.74. The molecule has 0 spiro atoms. The Morgan fingerprint density at radius 2 is 1.96 bits per heavy atom. The Bertz CT molecular complexity index is 551. The van der Waals surface area contributed by atoms with Crippen molar-refractivity contribution in [3.63, 3.8) is 0 Å². The summed E-state index contributed by atoms with van der Waals surface area (Å²) in [4.78, 5) is 4.65. The lowest BCUT2D eigenvalue weighted by molar-refractivity contribution is 0.0579. The van der Waals surface area contributed by atoms with Crippen LogP contribution >= 0.6 is 24.0 Å². The van der Waals surface area contributed by atoms with Crippen molar-refractivity contribution >= 4 is 35.6 Å². The Morgan fingerprint density at radius 3 is 2.71 bits per heavy atom. The summed E-state index contributed by atoms with van der Waals surface area (Å²) >= 11 is 0. The molecule has 0 aliphatic heterocycles. The largest absolute Gasteiger partial charge is 0.493 e. The fourth-order valence-corrected chi connectivity index (χ4v) is 3.06. The van der Waals surface area contributed by atoms with Gasteiger partial charge in [-0.2, -0.15) is 0 Å². The van der Waals surface area contributed by atoms with Crippen LogP contribution in [0.4, 0.5) is 5.69 Å². The molecule has 7 heteroatoms. The summed E-state index contributed by atoms with van der Waals surface area (Å²) in [5.41, 5.74) is 0.959. The van der Waals surface area contributed by atoms with Gasteiger partial charge in [-0.05, 0) is 38.3 Å². The number of benzene rings is 1. The predicted molar refractivity (Wildman–Crippen MR) is 126 cm³/mol. The van der Waals surface area contributed by atoms with E-state index in [1.54, 1.807) is 7.11 Å². The Balaban J connectivity index is 0.00000392. The Labute approximate surface area is 186 Å². The van der Waals surface area contributed by atoms with Crippen LogP contribution in [0, 0.1) is 0 Å². The zero-order valence-electron chi connectivity index (χ0n) is 17.2. The van der Waals surface area contributed by atoms with Gasteiger partial charge in [0.05, 0.1) is 12.7 Å². The number of rotatable bonds is 12. The van der Waals surface area contributed by atoms with Crippen LogP contribution in [0.15, 0.2) is 29.3 Å². The van der Waals surface area contributed by atoms with Gasteiger partial charge in [-0.25, -0.2) is 0 Å². The van der Waals surface area contributed by atoms with Crippen molar-refractivity contribution in [1.29, 1.82) is 0 Å². The topological polar surface area (TPSA) is 64.1 Å². The highest BCUT2D eigenvalue weighted by Gasteiger charge is 2.14. The minimum atomic E-state index is 0. The molecule has 0 bridgehead atoms. The fourth-order valence-electron chi connectivity index (χ4n) is 3.06. The van der Waals surface area contributed by atoms with E-state index in [-0.39, 0.29) is 24.0 Å². The van der Waals surface area contributed by atoms with Gasteiger partial charge in [0, 0.05) is 51.6 Å². The van der Waals surface area contributed by atoms with Crippen molar-refractivity contribution in [3.05, 3.63) is 24.3 Å². The van der Waals surface area contributed by atoms with Gasteiger partial charge >= 0.3 is 0 Å². The molecule has 0 radical (unpaired) electrons. The maximum atomic E-state index is 5.90. The van der Waals surface area contributed by atoms with Crippen LogP contribution in [0.2, 0.25) is 0 Å². The summed E-state index contributed by atoms with van der Waals surface area (Å²) in [6.45, 7) is 5.77. The highest BCUT2D eigenvalue weighted by Crippen LogP contribution is 2.21. The second kappa shape index (κ2) is 15.8. The lowest BCUT2D eigenvalue weighted by Crippen LogP contribution is -2.30. The Kier molecular flexibility index (Phi) is 14.1. The summed E-state index contributed by atoms with van der Waals surface area (Å²) in [6.07, 6.45) is 7.36. The molecule has 0 unspecified atom stereocenters. The van der Waals surface area contributed by atoms with Gasteiger partial charge in [0.2, 0.25) is 0 Å². The van der Waals surface area contributed by atoms with E-state index in [9.17, 15) is 0 Å². The van der Waals surface area contributed by atoms with Gasteiger partial charge < -0.3 is 24.8 Å². The van der Waals surface area contributed by atoms with E-state index in [1.807, 2.05) is 24.3 Å². The van der Waals surface area contributed by atoms with Gasteiger partial charge in [0.15, 0.2) is 5.96 Å². The van der Waals surface area contributed by atoms with Crippen LogP contribution in [0.3, 0.4) is 0 Å². The maximum Gasteiger partial charge on any atom is 0.195 e. The molecule has 1 aliphatic rings. The molecule has 6 nitrogen and oxygen atoms in total. The van der Waals surface area contributed by atoms with Crippen molar-refractivity contribution in [1.82, 2.24) is 5.32 Å². The molecule has 0 amide bonds. The van der Waals surface area contributed by atoms with Crippen LogP contribution in [0.5, 0.6) is 5.75 Å². The SMILES string of the molecule is CCNC(=NCCCOC1CCCC1)Nc1cccc(OCCCOC)c1.I. The average molecular weight is 505 g/mol. The van der Waals surface area contributed by atoms with Gasteiger partial charge in [-0.1, -0.05) is 18.9 Å². The number of methoxy groups -OCH3 is 1. The van der Waals surface area contributed by atoms with Gasteiger partial charge in [-0.3, -0.25) is 4.99 Å². The van der Waals surface area contributed by atoms with E-state index in [0.29, 0.717) is 19.3 Å². The van der Waals surface area contributed by atoms with E-state index in [2.05, 4.69) is 22.5 Å². The quantitative estimate of drug-likeness (QED) is 0.190. The van der Waals surface area contributed by atoms with E-state index < -0.39 is 0 Å². The number of halogens is 1. The molecule has 2 rings (SSSR count). The second-order valence-corrected chi connectivity index (χ2v) is 6.74. The van der Waals surface area contributed by atoms with Gasteiger partial charge in [-0.15, -0.1) is 24.0 Å². The van der Waals surface area contributed by atoms with Crippen LogP contribution in [-0.4, -0.2) is 52.1 Å². The molecule has 1 aromatic rings. The molecular weight excluding hydrogens is 469 g/mol. The number of guanidine groups is 1. The van der Waals surface area contributed by atoms with E-state index in [0.717, 1.165) is 49.9 Å². The van der Waals surface area contributed by atoms with Crippen molar-refractivity contribution < 1.29 is 14.2 Å². The molecular formula is C21H36IN3O3. The van der Waals surface area contributed by atoms with E-state index >= 15 is 0 Å². The van der Waals surface area contributed by atoms with Crippen molar-refractivity contribution in [2.45, 2.75) is 51.6 Å². The number of nitrogens with zero attached hydrogens (tertiary/aromatic N) is 1. The smallest absolute Gasteiger partial charge is 0.195 e. The molecule has 1 aromatic carbocycles. The third-order valence-corrected chi connectivity index (χ3v) is 4.43. The standard InChI is InChI=1S/C21H35N3O3.HI/c1-3-22-21(23-13-7-15-26-19-10-4-5-11-19)24-18-9-6-12-20(17-18)27-16-8-14-25-2;/h6,9,12,17,19H,3-5,7-8,10-11,13-16H2,1-2H3,(H2,22,23,24);1H. The summed E-state index contributed by atoms with van der Waals surface area (Å²) in [6, 6.07) is 7.94. The van der Waals surface area contributed by atoms with Crippen molar-refractivity contribution in [2.24, 2.45) is 4.99 Å². The highest BCUT2D eigenvalue weighted by molar-refractivity contribution is 14.0. The minimum Gasteiger partial charge on any atom is -0.493 e. The monoisotopic (exact) mass is 505 g/mol. The lowest BCUT2D eigenvalue weighted by atomic mass is 10.3. The zero-order valence-corrected chi connectivity index (χ0v) is 19.6. The molecule has 0 aromatic heterocycles. The summed E-state index contributed by atoms with van der Waals surface area (Å²) < 4.78 is 16.7. The molecule has 2 N–H and O–H groups in total. The lowest BCUT2D eigenvalue weighted by Gasteiger charge is -2.13. The normalized spacial score (nSPS) is 14.6. The average Bonchev–Trinajstić information content (AvgIpc) is 3.19. The molecule has 28 heavy (non-hydrogen) atoms. The minimum absolute atomic E-state index is 0. The number of hydrogen-bond donors (Lipinski definition) is 2. The van der Waals surface area contributed by atoms with Gasteiger partial charge in [0.25, 0.3) is 0 Å². The summed E-state index contributed by atoms with van der Waals surface area (Å²) in [5, 5.41) is 6.63. The van der Waals surface area contributed by atoms with Crippen molar-refractivity contribution in [2.75, 3.05) is 45.3 Å². The number of hydrogen-bond acceptors (Lipinski definition) is 4. The van der Waals surface area contributed by atoms with E-state index in [1.165, 1.54) is 25.7 Å². The molecule has 1 aliphatic carbocycles. The third kappa shape index (κ3) is 10.5. The van der Waals surface area contributed by atoms with E-state index in [4.69, 9.17) is 14.2 Å². The summed E-state index contributed by atoms with van der Waals surface area (Å²) in [5.74, 6) is 1.63. The van der Waals surface area contributed by atoms with Crippen LogP contribution in [0.1, 0.15) is 45.4 Å². The van der Waals surface area contributed by atoms with Gasteiger partial charge in [0.1, 0.15) is 5.75 Å². The molecule has 160 valence electrons. The Morgan fingerprint density at radius 1 is 1.14 bits per heavy atom. The first-order valence-corrected chi connectivity index (χ1v) is 10.2. The van der Waals surface area contributed by atoms with Crippen molar-refractivity contribution in [3.8, 4) is 5.75 Å². The molecule has 0 heterocycles. The first kappa shape index (κ1) is 25.0. The molecule has 1 fully saturated rings. The van der Waals surface area contributed by atoms with Crippen LogP contribution in [0.25, 0.3) is 0 Å². The van der Waals surface area contributed by atoms with Crippen LogP contribution < -0.4 is 15.4 Å². The molecule has 0 atom stereocenters. The fraction of sp³-hybridized carbons (Fsp3) is 0.667. The number of nitrogens with one attached hydrogen (secondary N) is 2. The zero-order chi connectivity index (χ0) is 19.2.